The number of nitrogen functional groups attached to an aromatic ring is 1. The lowest BCUT2D eigenvalue weighted by Crippen LogP contribution is -2.38. The number of alkyl halides is 3. The topological polar surface area (TPSA) is 93.4 Å². The number of aryl methyl sites for hydroxylation is 2. The third-order valence-corrected chi connectivity index (χ3v) is 5.33. The van der Waals surface area contributed by atoms with Crippen LogP contribution in [0.15, 0.2) is 48.7 Å². The Hall–Kier alpha value is -3.82. The molecular formula is C23H22F3N5O2. The monoisotopic (exact) mass is 457 g/mol. The molecule has 1 aliphatic heterocycles. The maximum Gasteiger partial charge on any atom is 0.416 e. The number of carbonyl (C=O) groups is 1. The van der Waals surface area contributed by atoms with Crippen molar-refractivity contribution >= 4 is 23.4 Å². The van der Waals surface area contributed by atoms with Gasteiger partial charge >= 0.3 is 12.2 Å². The molecule has 0 spiro atoms. The molecule has 3 aromatic rings. The first-order valence-electron chi connectivity index (χ1n) is 10.3. The molecule has 2 aromatic carbocycles. The van der Waals surface area contributed by atoms with E-state index in [-0.39, 0.29) is 23.8 Å². The van der Waals surface area contributed by atoms with E-state index in [0.29, 0.717) is 30.1 Å². The van der Waals surface area contributed by atoms with Crippen molar-refractivity contribution < 1.29 is 22.7 Å². The summed E-state index contributed by atoms with van der Waals surface area (Å²) >= 11 is 0. The highest BCUT2D eigenvalue weighted by atomic mass is 19.4. The molecule has 0 unspecified atom stereocenters. The fourth-order valence-corrected chi connectivity index (χ4v) is 3.72. The second kappa shape index (κ2) is 8.97. The van der Waals surface area contributed by atoms with Gasteiger partial charge < -0.3 is 15.8 Å². The Morgan fingerprint density at radius 2 is 2.03 bits per heavy atom. The Balaban J connectivity index is 1.48. The number of urea groups is 1. The van der Waals surface area contributed by atoms with Gasteiger partial charge in [-0.1, -0.05) is 6.07 Å². The molecule has 0 atom stereocenters. The number of benzene rings is 2. The molecule has 10 heteroatoms. The first-order valence-corrected chi connectivity index (χ1v) is 10.3. The summed E-state index contributed by atoms with van der Waals surface area (Å²) in [6.07, 6.45) is -1.47. The van der Waals surface area contributed by atoms with E-state index in [1.165, 1.54) is 24.0 Å². The average Bonchev–Trinajstić information content (AvgIpc) is 2.77. The first-order chi connectivity index (χ1) is 15.7. The van der Waals surface area contributed by atoms with E-state index in [1.54, 1.807) is 24.4 Å². The summed E-state index contributed by atoms with van der Waals surface area (Å²) in [6.45, 7) is 2.05. The van der Waals surface area contributed by atoms with Gasteiger partial charge in [0.1, 0.15) is 12.4 Å². The Bertz CT molecular complexity index is 1180. The van der Waals surface area contributed by atoms with E-state index in [1.807, 2.05) is 6.07 Å². The molecule has 0 radical (unpaired) electrons. The molecule has 0 saturated carbocycles. The minimum atomic E-state index is -4.49. The van der Waals surface area contributed by atoms with Crippen molar-refractivity contribution in [3.63, 3.8) is 0 Å². The summed E-state index contributed by atoms with van der Waals surface area (Å²) in [5.41, 5.74) is 7.24. The maximum absolute atomic E-state index is 13.2. The summed E-state index contributed by atoms with van der Waals surface area (Å²) in [5.74, 6) is 0.778. The number of anilines is 3. The lowest BCUT2D eigenvalue weighted by Gasteiger charge is -2.30. The number of amides is 2. The van der Waals surface area contributed by atoms with Gasteiger partial charge in [0.05, 0.1) is 11.3 Å². The number of carbonyl (C=O) groups excluding carboxylic acids is 1. The van der Waals surface area contributed by atoms with E-state index in [2.05, 4.69) is 15.3 Å². The van der Waals surface area contributed by atoms with Crippen LogP contribution in [0.2, 0.25) is 0 Å². The van der Waals surface area contributed by atoms with Gasteiger partial charge in [-0.2, -0.15) is 13.2 Å². The summed E-state index contributed by atoms with van der Waals surface area (Å²) in [6, 6.07) is 10.3. The zero-order valence-electron chi connectivity index (χ0n) is 17.8. The van der Waals surface area contributed by atoms with Crippen LogP contribution in [0.4, 0.5) is 35.3 Å². The Morgan fingerprint density at radius 1 is 1.21 bits per heavy atom. The molecule has 1 aliphatic rings. The van der Waals surface area contributed by atoms with Crippen molar-refractivity contribution in [1.29, 1.82) is 0 Å². The third kappa shape index (κ3) is 5.16. The van der Waals surface area contributed by atoms with E-state index in [4.69, 9.17) is 10.5 Å². The van der Waals surface area contributed by atoms with Gasteiger partial charge in [0.15, 0.2) is 0 Å². The molecular weight excluding hydrogens is 435 g/mol. The fraction of sp³-hybridized carbons (Fsp3) is 0.261. The number of hydrogen-bond acceptors (Lipinski definition) is 5. The van der Waals surface area contributed by atoms with Crippen molar-refractivity contribution in [3.05, 3.63) is 71.0 Å². The molecule has 33 heavy (non-hydrogen) atoms. The van der Waals surface area contributed by atoms with E-state index < -0.39 is 17.8 Å². The van der Waals surface area contributed by atoms with E-state index in [0.717, 1.165) is 18.1 Å². The number of nitrogens with two attached hydrogens (primary N) is 1. The summed E-state index contributed by atoms with van der Waals surface area (Å²) < 4.78 is 45.4. The number of nitrogens with zero attached hydrogens (tertiary/aromatic N) is 3. The number of ether oxygens (including phenoxy) is 1. The predicted molar refractivity (Wildman–Crippen MR) is 118 cm³/mol. The quantitative estimate of drug-likeness (QED) is 0.578. The van der Waals surface area contributed by atoms with Crippen LogP contribution in [-0.2, 0) is 19.2 Å². The zero-order chi connectivity index (χ0) is 23.6. The van der Waals surface area contributed by atoms with Crippen LogP contribution >= 0.6 is 0 Å². The van der Waals surface area contributed by atoms with Gasteiger partial charge in [-0.3, -0.25) is 4.90 Å². The highest BCUT2D eigenvalue weighted by Crippen LogP contribution is 2.34. The number of fused-ring (bicyclic) bond motifs is 1. The van der Waals surface area contributed by atoms with Crippen LogP contribution in [0.3, 0.4) is 0 Å². The predicted octanol–water partition coefficient (Wildman–Crippen LogP) is 4.95. The highest BCUT2D eigenvalue weighted by molar-refractivity contribution is 6.02. The molecule has 172 valence electrons. The largest absolute Gasteiger partial charge is 0.487 e. The summed E-state index contributed by atoms with van der Waals surface area (Å²) in [7, 11) is 0. The van der Waals surface area contributed by atoms with Gasteiger partial charge in [-0.15, -0.1) is 0 Å². The fourth-order valence-electron chi connectivity index (χ4n) is 3.72. The van der Waals surface area contributed by atoms with Crippen LogP contribution in [0.25, 0.3) is 0 Å². The van der Waals surface area contributed by atoms with Crippen molar-refractivity contribution in [3.8, 4) is 5.75 Å². The van der Waals surface area contributed by atoms with Crippen molar-refractivity contribution in [2.45, 2.75) is 32.5 Å². The lowest BCUT2D eigenvalue weighted by molar-refractivity contribution is -0.138. The standard InChI is InChI=1S/C23H22F3N5O2/c1-14-4-5-16(12-19(14)23(24,25)26)30-22(32)31-10-2-3-15-11-18(6-7-20(15)31)33-13-17-8-9-28-21(27)29-17/h4-9,11-12H,2-3,10,13H2,1H3,(H,30,32)(H2,27,28,29). The smallest absolute Gasteiger partial charge is 0.416 e. The van der Waals surface area contributed by atoms with Crippen molar-refractivity contribution in [2.75, 3.05) is 22.5 Å². The van der Waals surface area contributed by atoms with Gasteiger partial charge in [0.25, 0.3) is 0 Å². The molecule has 0 saturated heterocycles. The molecule has 2 amide bonds. The molecule has 0 fully saturated rings. The number of rotatable bonds is 4. The number of aromatic nitrogens is 2. The van der Waals surface area contributed by atoms with Crippen LogP contribution < -0.4 is 20.7 Å². The average molecular weight is 457 g/mol. The van der Waals surface area contributed by atoms with Crippen molar-refractivity contribution in [2.24, 2.45) is 0 Å². The first kappa shape index (κ1) is 22.4. The van der Waals surface area contributed by atoms with Gasteiger partial charge in [0, 0.05) is 24.1 Å². The van der Waals surface area contributed by atoms with Gasteiger partial charge in [0.2, 0.25) is 5.95 Å². The third-order valence-electron chi connectivity index (χ3n) is 5.33. The summed E-state index contributed by atoms with van der Waals surface area (Å²) in [4.78, 5) is 22.3. The Labute approximate surface area is 188 Å². The molecule has 2 heterocycles. The number of halogens is 3. The van der Waals surface area contributed by atoms with Crippen molar-refractivity contribution in [1.82, 2.24) is 9.97 Å². The van der Waals surface area contributed by atoms with Crippen LogP contribution in [0.5, 0.6) is 5.75 Å². The normalized spacial score (nSPS) is 13.4. The molecule has 0 bridgehead atoms. The van der Waals surface area contributed by atoms with Crippen LogP contribution in [0, 0.1) is 6.92 Å². The van der Waals surface area contributed by atoms with Gasteiger partial charge in [-0.05, 0) is 67.3 Å². The Morgan fingerprint density at radius 3 is 2.79 bits per heavy atom. The van der Waals surface area contributed by atoms with Crippen LogP contribution in [-0.4, -0.2) is 22.5 Å². The highest BCUT2D eigenvalue weighted by Gasteiger charge is 2.33. The molecule has 0 aliphatic carbocycles. The zero-order valence-corrected chi connectivity index (χ0v) is 17.8. The maximum atomic E-state index is 13.2. The molecule has 1 aromatic heterocycles. The Kier molecular flexibility index (Phi) is 6.08. The molecule has 3 N–H and O–H groups in total. The SMILES string of the molecule is Cc1ccc(NC(=O)N2CCCc3cc(OCc4ccnc(N)n4)ccc32)cc1C(F)(F)F. The van der Waals surface area contributed by atoms with E-state index >= 15 is 0 Å². The van der Waals surface area contributed by atoms with Crippen LogP contribution in [0.1, 0.15) is 28.8 Å². The summed E-state index contributed by atoms with van der Waals surface area (Å²) in [5, 5.41) is 2.59. The number of hydrogen-bond donors (Lipinski definition) is 2. The van der Waals surface area contributed by atoms with E-state index in [9.17, 15) is 18.0 Å². The minimum Gasteiger partial charge on any atom is -0.487 e. The second-order valence-electron chi connectivity index (χ2n) is 7.70. The number of nitrogens with one attached hydrogen (secondary N) is 1. The molecule has 7 nitrogen and oxygen atoms in total. The van der Waals surface area contributed by atoms with Gasteiger partial charge in [-0.25, -0.2) is 14.8 Å². The molecule has 4 rings (SSSR count). The minimum absolute atomic E-state index is 0.0918. The second-order valence-corrected chi connectivity index (χ2v) is 7.70. The lowest BCUT2D eigenvalue weighted by atomic mass is 10.0.